The van der Waals surface area contributed by atoms with Crippen molar-refractivity contribution in [2.75, 3.05) is 27.2 Å². The highest BCUT2D eigenvalue weighted by Crippen LogP contribution is 2.05. The van der Waals surface area contributed by atoms with Crippen molar-refractivity contribution < 1.29 is 4.74 Å². The second-order valence-corrected chi connectivity index (χ2v) is 3.40. The molecule has 0 N–H and O–H groups in total. The average molecular weight is 216 g/mol. The molecule has 14 heavy (non-hydrogen) atoms. The van der Waals surface area contributed by atoms with Gasteiger partial charge in [0.2, 0.25) is 5.88 Å². The predicted octanol–water partition coefficient (Wildman–Crippen LogP) is 1.16. The average Bonchev–Trinajstić information content (AvgIpc) is 2.18. The smallest absolute Gasteiger partial charge is 0.232 e. The molecule has 1 aromatic heterocycles. The minimum Gasteiger partial charge on any atom is -0.475 e. The fourth-order valence-electron chi connectivity index (χ4n) is 0.819. The molecule has 0 aliphatic heterocycles. The van der Waals surface area contributed by atoms with E-state index in [2.05, 4.69) is 9.97 Å². The zero-order valence-corrected chi connectivity index (χ0v) is 9.16. The van der Waals surface area contributed by atoms with Gasteiger partial charge >= 0.3 is 0 Å². The zero-order chi connectivity index (χ0) is 10.4. The van der Waals surface area contributed by atoms with Gasteiger partial charge in [0.15, 0.2) is 0 Å². The fraction of sp³-hybridized carbons (Fsp3) is 0.556. The Bertz CT molecular complexity index is 263. The van der Waals surface area contributed by atoms with E-state index in [9.17, 15) is 0 Å². The van der Waals surface area contributed by atoms with Crippen LogP contribution >= 0.6 is 11.6 Å². The number of rotatable bonds is 5. The minimum absolute atomic E-state index is 0.380. The molecule has 0 unspecified atom stereocenters. The van der Waals surface area contributed by atoms with Crippen LogP contribution in [-0.2, 0) is 5.88 Å². The Morgan fingerprint density at radius 2 is 2.14 bits per heavy atom. The highest BCUT2D eigenvalue weighted by molar-refractivity contribution is 6.16. The normalized spacial score (nSPS) is 10.6. The molecule has 0 amide bonds. The van der Waals surface area contributed by atoms with E-state index in [-0.39, 0.29) is 0 Å². The molecular weight excluding hydrogens is 202 g/mol. The van der Waals surface area contributed by atoms with Crippen LogP contribution < -0.4 is 4.74 Å². The summed E-state index contributed by atoms with van der Waals surface area (Å²) in [4.78, 5) is 10.2. The van der Waals surface area contributed by atoms with Crippen LogP contribution in [-0.4, -0.2) is 42.1 Å². The fourth-order valence-corrected chi connectivity index (χ4v) is 0.957. The number of ether oxygens (including phenoxy) is 1. The second-order valence-electron chi connectivity index (χ2n) is 3.13. The van der Waals surface area contributed by atoms with Crippen LogP contribution in [0, 0.1) is 0 Å². The van der Waals surface area contributed by atoms with E-state index >= 15 is 0 Å². The number of alkyl halides is 1. The number of aromatic nitrogens is 2. The summed E-state index contributed by atoms with van der Waals surface area (Å²) < 4.78 is 5.36. The monoisotopic (exact) mass is 215 g/mol. The molecule has 0 bridgehead atoms. The molecule has 5 heteroatoms. The van der Waals surface area contributed by atoms with Crippen LogP contribution in [0.5, 0.6) is 5.88 Å². The van der Waals surface area contributed by atoms with E-state index in [1.165, 1.54) is 0 Å². The Morgan fingerprint density at radius 3 is 2.64 bits per heavy atom. The highest BCUT2D eigenvalue weighted by atomic mass is 35.5. The Morgan fingerprint density at radius 1 is 1.36 bits per heavy atom. The molecule has 0 spiro atoms. The van der Waals surface area contributed by atoms with Crippen LogP contribution in [0.3, 0.4) is 0 Å². The van der Waals surface area contributed by atoms with Gasteiger partial charge in [0, 0.05) is 6.54 Å². The van der Waals surface area contributed by atoms with E-state index in [0.717, 1.165) is 12.2 Å². The largest absolute Gasteiger partial charge is 0.475 e. The molecule has 78 valence electrons. The quantitative estimate of drug-likeness (QED) is 0.691. The summed E-state index contributed by atoms with van der Waals surface area (Å²) in [7, 11) is 3.98. The summed E-state index contributed by atoms with van der Waals surface area (Å²) in [6.07, 6.45) is 3.21. The van der Waals surface area contributed by atoms with Crippen molar-refractivity contribution >= 4 is 11.6 Å². The summed E-state index contributed by atoms with van der Waals surface area (Å²) in [5.41, 5.74) is 0.756. The van der Waals surface area contributed by atoms with Crippen molar-refractivity contribution in [3.8, 4) is 5.88 Å². The first kappa shape index (κ1) is 11.2. The van der Waals surface area contributed by atoms with Crippen molar-refractivity contribution in [3.63, 3.8) is 0 Å². The van der Waals surface area contributed by atoms with Crippen LogP contribution in [0.4, 0.5) is 0 Å². The van der Waals surface area contributed by atoms with Crippen molar-refractivity contribution in [1.29, 1.82) is 0 Å². The Labute approximate surface area is 88.9 Å². The molecule has 0 aliphatic carbocycles. The third-order valence-corrected chi connectivity index (χ3v) is 1.88. The van der Waals surface area contributed by atoms with E-state index in [4.69, 9.17) is 16.3 Å². The molecule has 1 heterocycles. The van der Waals surface area contributed by atoms with Crippen molar-refractivity contribution in [1.82, 2.24) is 14.9 Å². The van der Waals surface area contributed by atoms with E-state index in [1.54, 1.807) is 12.4 Å². The van der Waals surface area contributed by atoms with Gasteiger partial charge in [-0.1, -0.05) is 0 Å². The number of hydrogen-bond donors (Lipinski definition) is 0. The molecule has 0 aliphatic rings. The van der Waals surface area contributed by atoms with E-state index in [0.29, 0.717) is 18.4 Å². The van der Waals surface area contributed by atoms with Crippen molar-refractivity contribution in [3.05, 3.63) is 18.1 Å². The van der Waals surface area contributed by atoms with E-state index < -0.39 is 0 Å². The molecule has 0 radical (unpaired) electrons. The summed E-state index contributed by atoms with van der Waals surface area (Å²) in [5, 5.41) is 0. The molecular formula is C9H14ClN3O. The van der Waals surface area contributed by atoms with Gasteiger partial charge in [-0.15, -0.1) is 11.6 Å². The second kappa shape index (κ2) is 5.78. The van der Waals surface area contributed by atoms with Crippen LogP contribution in [0.1, 0.15) is 5.69 Å². The molecule has 1 aromatic rings. The third kappa shape index (κ3) is 3.89. The van der Waals surface area contributed by atoms with Crippen LogP contribution in [0.2, 0.25) is 0 Å². The summed E-state index contributed by atoms with van der Waals surface area (Å²) in [5.74, 6) is 0.922. The Kier molecular flexibility index (Phi) is 4.62. The van der Waals surface area contributed by atoms with Crippen LogP contribution in [0.25, 0.3) is 0 Å². The van der Waals surface area contributed by atoms with Gasteiger partial charge in [-0.25, -0.2) is 4.98 Å². The summed E-state index contributed by atoms with van der Waals surface area (Å²) >= 11 is 5.58. The minimum atomic E-state index is 0.380. The molecule has 0 atom stereocenters. The molecule has 1 rings (SSSR count). The zero-order valence-electron chi connectivity index (χ0n) is 8.40. The molecule has 0 saturated carbocycles. The van der Waals surface area contributed by atoms with Gasteiger partial charge in [-0.2, -0.15) is 0 Å². The first-order valence-electron chi connectivity index (χ1n) is 4.37. The van der Waals surface area contributed by atoms with E-state index in [1.807, 2.05) is 19.0 Å². The van der Waals surface area contributed by atoms with Crippen molar-refractivity contribution in [2.45, 2.75) is 5.88 Å². The maximum atomic E-state index is 5.58. The Hall–Kier alpha value is -0.870. The number of hydrogen-bond acceptors (Lipinski definition) is 4. The van der Waals surface area contributed by atoms with Gasteiger partial charge in [-0.05, 0) is 14.1 Å². The first-order valence-corrected chi connectivity index (χ1v) is 4.90. The molecule has 0 aromatic carbocycles. The van der Waals surface area contributed by atoms with Crippen molar-refractivity contribution in [2.24, 2.45) is 0 Å². The molecule has 4 nitrogen and oxygen atoms in total. The number of likely N-dealkylation sites (N-methyl/N-ethyl adjacent to an activating group) is 1. The highest BCUT2D eigenvalue weighted by Gasteiger charge is 1.97. The van der Waals surface area contributed by atoms with Gasteiger partial charge < -0.3 is 9.64 Å². The molecule has 0 fully saturated rings. The lowest BCUT2D eigenvalue weighted by Crippen LogP contribution is -2.19. The lowest BCUT2D eigenvalue weighted by molar-refractivity contribution is 0.253. The Balaban J connectivity index is 2.36. The standard InChI is InChI=1S/C9H14ClN3O/c1-13(2)3-4-14-9-7-11-8(5-10)6-12-9/h6-7H,3-5H2,1-2H3. The van der Waals surface area contributed by atoms with Gasteiger partial charge in [0.1, 0.15) is 6.61 Å². The van der Waals surface area contributed by atoms with Gasteiger partial charge in [-0.3, -0.25) is 4.98 Å². The third-order valence-electron chi connectivity index (χ3n) is 1.61. The first-order chi connectivity index (χ1) is 6.72. The summed E-state index contributed by atoms with van der Waals surface area (Å²) in [6.45, 7) is 1.47. The van der Waals surface area contributed by atoms with Crippen LogP contribution in [0.15, 0.2) is 12.4 Å². The summed E-state index contributed by atoms with van der Waals surface area (Å²) in [6, 6.07) is 0. The molecule has 0 saturated heterocycles. The lowest BCUT2D eigenvalue weighted by Gasteiger charge is -2.09. The number of nitrogens with zero attached hydrogens (tertiary/aromatic N) is 3. The SMILES string of the molecule is CN(C)CCOc1cnc(CCl)cn1. The maximum absolute atomic E-state index is 5.58. The van der Waals surface area contributed by atoms with Gasteiger partial charge in [0.25, 0.3) is 0 Å². The predicted molar refractivity (Wildman–Crippen MR) is 55.6 cm³/mol. The number of halogens is 1. The maximum Gasteiger partial charge on any atom is 0.232 e. The van der Waals surface area contributed by atoms with Gasteiger partial charge in [0.05, 0.1) is 24.0 Å². The lowest BCUT2D eigenvalue weighted by atomic mass is 10.5. The topological polar surface area (TPSA) is 38.2 Å².